The lowest BCUT2D eigenvalue weighted by Gasteiger charge is -2.06. The van der Waals surface area contributed by atoms with Crippen LogP contribution in [0.1, 0.15) is 102 Å². The average molecular weight is 384 g/mol. The molecule has 0 amide bonds. The molecule has 1 aromatic heterocycles. The van der Waals surface area contributed by atoms with Crippen molar-refractivity contribution >= 4 is 0 Å². The molecule has 2 rings (SSSR count). The zero-order valence-electron chi connectivity index (χ0n) is 18.5. The minimum atomic E-state index is 0.993. The molecule has 0 bridgehead atoms. The second-order valence-electron chi connectivity index (χ2n) is 8.31. The Balaban J connectivity index is 1.79. The van der Waals surface area contributed by atoms with Crippen LogP contribution in [0.5, 0.6) is 0 Å². The third kappa shape index (κ3) is 8.63. The molecule has 2 aromatic rings. The van der Waals surface area contributed by atoms with Crippen LogP contribution in [-0.2, 0) is 19.5 Å². The van der Waals surface area contributed by atoms with Crippen LogP contribution in [0.4, 0.5) is 0 Å². The summed E-state index contributed by atoms with van der Waals surface area (Å²) in [4.78, 5) is 0. The monoisotopic (exact) mass is 383 g/mol. The smallest absolute Gasteiger partial charge is 0.234 e. The molecular weight excluding hydrogens is 340 g/mol. The normalized spacial score (nSPS) is 11.2. The third-order valence-electron chi connectivity index (χ3n) is 5.79. The highest BCUT2D eigenvalue weighted by atomic mass is 15.1. The number of benzene rings is 1. The van der Waals surface area contributed by atoms with Crippen LogP contribution in [0.3, 0.4) is 0 Å². The van der Waals surface area contributed by atoms with Gasteiger partial charge in [-0.05, 0) is 24.8 Å². The summed E-state index contributed by atoms with van der Waals surface area (Å²) in [5.74, 6) is 1.51. The SMILES string of the molecule is CCCCCCCCCCCn1cc[n+](Cc2ccccc2)c1CCCCC. The van der Waals surface area contributed by atoms with Crippen LogP contribution in [-0.4, -0.2) is 4.57 Å². The van der Waals surface area contributed by atoms with Gasteiger partial charge < -0.3 is 0 Å². The predicted molar refractivity (Wildman–Crippen MR) is 121 cm³/mol. The molecule has 0 spiro atoms. The molecule has 0 radical (unpaired) electrons. The number of rotatable bonds is 16. The Labute approximate surface area is 174 Å². The van der Waals surface area contributed by atoms with Crippen LogP contribution < -0.4 is 4.57 Å². The standard InChI is InChI=1S/C26H43N2/c1-3-5-7-8-9-10-11-12-17-21-27-22-23-28(26(27)20-14-6-4-2)24-25-18-15-13-16-19-25/h13,15-16,18-19,22-23H,3-12,14,17,20-21,24H2,1-2H3/q+1. The number of unbranched alkanes of at least 4 members (excludes halogenated alkanes) is 10. The summed E-state index contributed by atoms with van der Waals surface area (Å²) in [5.41, 5.74) is 1.39. The van der Waals surface area contributed by atoms with Crippen molar-refractivity contribution in [2.45, 2.75) is 110 Å². The van der Waals surface area contributed by atoms with E-state index in [2.05, 4.69) is 65.7 Å². The van der Waals surface area contributed by atoms with E-state index in [0.717, 1.165) is 6.54 Å². The van der Waals surface area contributed by atoms with Crippen molar-refractivity contribution in [2.75, 3.05) is 0 Å². The largest absolute Gasteiger partial charge is 0.256 e. The van der Waals surface area contributed by atoms with Crippen molar-refractivity contribution in [1.29, 1.82) is 0 Å². The van der Waals surface area contributed by atoms with Gasteiger partial charge >= 0.3 is 0 Å². The van der Waals surface area contributed by atoms with E-state index in [1.54, 1.807) is 0 Å². The Hall–Kier alpha value is -1.57. The van der Waals surface area contributed by atoms with Gasteiger partial charge in [-0.15, -0.1) is 0 Å². The van der Waals surface area contributed by atoms with Crippen LogP contribution in [0, 0.1) is 0 Å². The molecule has 0 saturated carbocycles. The Kier molecular flexibility index (Phi) is 11.7. The molecule has 28 heavy (non-hydrogen) atoms. The van der Waals surface area contributed by atoms with Crippen molar-refractivity contribution < 1.29 is 4.57 Å². The second-order valence-corrected chi connectivity index (χ2v) is 8.31. The van der Waals surface area contributed by atoms with Gasteiger partial charge in [-0.2, -0.15) is 0 Å². The number of hydrogen-bond acceptors (Lipinski definition) is 0. The number of aryl methyl sites for hydroxylation is 1. The van der Waals surface area contributed by atoms with Gasteiger partial charge in [0.15, 0.2) is 0 Å². The zero-order valence-corrected chi connectivity index (χ0v) is 18.5. The Morgan fingerprint density at radius 3 is 2.00 bits per heavy atom. The van der Waals surface area contributed by atoms with E-state index in [-0.39, 0.29) is 0 Å². The van der Waals surface area contributed by atoms with Gasteiger partial charge in [-0.1, -0.05) is 102 Å². The van der Waals surface area contributed by atoms with E-state index in [4.69, 9.17) is 0 Å². The number of hydrogen-bond donors (Lipinski definition) is 0. The first kappa shape index (κ1) is 22.7. The Morgan fingerprint density at radius 2 is 1.32 bits per heavy atom. The van der Waals surface area contributed by atoms with Crippen molar-refractivity contribution in [3.63, 3.8) is 0 Å². The van der Waals surface area contributed by atoms with E-state index in [9.17, 15) is 0 Å². The van der Waals surface area contributed by atoms with Crippen LogP contribution in [0.25, 0.3) is 0 Å². The quantitative estimate of drug-likeness (QED) is 0.216. The zero-order chi connectivity index (χ0) is 19.9. The van der Waals surface area contributed by atoms with E-state index in [1.165, 1.54) is 101 Å². The van der Waals surface area contributed by atoms with Crippen LogP contribution >= 0.6 is 0 Å². The van der Waals surface area contributed by atoms with Crippen molar-refractivity contribution in [3.8, 4) is 0 Å². The molecule has 0 saturated heterocycles. The van der Waals surface area contributed by atoms with Crippen molar-refractivity contribution in [3.05, 3.63) is 54.1 Å². The highest BCUT2D eigenvalue weighted by Crippen LogP contribution is 2.12. The number of nitrogens with zero attached hydrogens (tertiary/aromatic N) is 2. The molecule has 0 atom stereocenters. The van der Waals surface area contributed by atoms with Crippen LogP contribution in [0.15, 0.2) is 42.7 Å². The van der Waals surface area contributed by atoms with Crippen LogP contribution in [0.2, 0.25) is 0 Å². The Morgan fingerprint density at radius 1 is 0.714 bits per heavy atom. The summed E-state index contributed by atoms with van der Waals surface area (Å²) in [7, 11) is 0. The van der Waals surface area contributed by atoms with Gasteiger partial charge in [0.2, 0.25) is 0 Å². The van der Waals surface area contributed by atoms with Gasteiger partial charge in [0.25, 0.3) is 5.82 Å². The molecule has 156 valence electrons. The third-order valence-corrected chi connectivity index (χ3v) is 5.79. The maximum atomic E-state index is 2.53. The summed E-state index contributed by atoms with van der Waals surface area (Å²) in [6, 6.07) is 10.9. The summed E-state index contributed by atoms with van der Waals surface area (Å²) < 4.78 is 5.00. The fourth-order valence-electron chi connectivity index (χ4n) is 4.04. The van der Waals surface area contributed by atoms with Crippen molar-refractivity contribution in [1.82, 2.24) is 4.57 Å². The van der Waals surface area contributed by atoms with Gasteiger partial charge in [-0.3, -0.25) is 0 Å². The maximum Gasteiger partial charge on any atom is 0.256 e. The lowest BCUT2D eigenvalue weighted by Crippen LogP contribution is -2.37. The van der Waals surface area contributed by atoms with Gasteiger partial charge in [0, 0.05) is 6.42 Å². The number of imidazole rings is 1. The lowest BCUT2D eigenvalue weighted by molar-refractivity contribution is -0.695. The summed E-state index contributed by atoms with van der Waals surface area (Å²) in [6.45, 7) is 6.76. The average Bonchev–Trinajstić information content (AvgIpc) is 3.09. The first-order valence-electron chi connectivity index (χ1n) is 12.0. The molecule has 2 heteroatoms. The van der Waals surface area contributed by atoms with E-state index in [0.29, 0.717) is 0 Å². The summed E-state index contributed by atoms with van der Waals surface area (Å²) in [5, 5.41) is 0. The fourth-order valence-corrected chi connectivity index (χ4v) is 4.04. The molecule has 0 aliphatic carbocycles. The highest BCUT2D eigenvalue weighted by molar-refractivity contribution is 5.13. The maximum absolute atomic E-state index is 2.53. The molecular formula is C26H43N2+. The molecule has 0 N–H and O–H groups in total. The molecule has 1 aromatic carbocycles. The topological polar surface area (TPSA) is 8.81 Å². The van der Waals surface area contributed by atoms with Gasteiger partial charge in [0.05, 0.1) is 6.54 Å². The highest BCUT2D eigenvalue weighted by Gasteiger charge is 2.16. The fraction of sp³-hybridized carbons (Fsp3) is 0.654. The molecule has 1 heterocycles. The first-order chi connectivity index (χ1) is 13.8. The minimum absolute atomic E-state index is 0.993. The van der Waals surface area contributed by atoms with Gasteiger partial charge in [-0.25, -0.2) is 9.13 Å². The first-order valence-corrected chi connectivity index (χ1v) is 12.0. The molecule has 0 aliphatic rings. The summed E-state index contributed by atoms with van der Waals surface area (Å²) >= 11 is 0. The predicted octanol–water partition coefficient (Wildman–Crippen LogP) is 7.09. The van der Waals surface area contributed by atoms with E-state index >= 15 is 0 Å². The summed E-state index contributed by atoms with van der Waals surface area (Å²) in [6.07, 6.45) is 22.3. The molecule has 0 fully saturated rings. The number of aromatic nitrogens is 2. The lowest BCUT2D eigenvalue weighted by atomic mass is 10.1. The van der Waals surface area contributed by atoms with Gasteiger partial charge in [0.1, 0.15) is 18.9 Å². The Bertz CT molecular complexity index is 615. The molecule has 2 nitrogen and oxygen atoms in total. The van der Waals surface area contributed by atoms with E-state index < -0.39 is 0 Å². The molecule has 0 unspecified atom stereocenters. The molecule has 0 aliphatic heterocycles. The minimum Gasteiger partial charge on any atom is -0.234 e. The van der Waals surface area contributed by atoms with Crippen molar-refractivity contribution in [2.24, 2.45) is 0 Å². The second kappa shape index (κ2) is 14.4. The van der Waals surface area contributed by atoms with E-state index in [1.807, 2.05) is 0 Å².